The van der Waals surface area contributed by atoms with Crippen LogP contribution in [0.15, 0.2) is 42.5 Å². The SMILES string of the molecule is Cc1ccc(Cl)cc1NC(=O)[C@@H](C)Nc1ccc(OC(F)(F)F)cc1. The van der Waals surface area contributed by atoms with Crippen LogP contribution in [0.25, 0.3) is 0 Å². The van der Waals surface area contributed by atoms with Gasteiger partial charge in [-0.1, -0.05) is 17.7 Å². The van der Waals surface area contributed by atoms with Crippen molar-refractivity contribution in [2.45, 2.75) is 26.3 Å². The van der Waals surface area contributed by atoms with Crippen molar-refractivity contribution in [3.63, 3.8) is 0 Å². The first-order chi connectivity index (χ1) is 11.6. The Bertz CT molecular complexity index is 749. The smallest absolute Gasteiger partial charge is 0.406 e. The fraction of sp³-hybridized carbons (Fsp3) is 0.235. The van der Waals surface area contributed by atoms with Crippen LogP contribution in [0.5, 0.6) is 5.75 Å². The van der Waals surface area contributed by atoms with Crippen LogP contribution < -0.4 is 15.4 Å². The lowest BCUT2D eigenvalue weighted by Gasteiger charge is -2.17. The maximum absolute atomic E-state index is 12.2. The van der Waals surface area contributed by atoms with Gasteiger partial charge in [0.1, 0.15) is 11.8 Å². The van der Waals surface area contributed by atoms with Crippen molar-refractivity contribution >= 4 is 28.9 Å². The van der Waals surface area contributed by atoms with Crippen molar-refractivity contribution < 1.29 is 22.7 Å². The van der Waals surface area contributed by atoms with E-state index in [9.17, 15) is 18.0 Å². The van der Waals surface area contributed by atoms with Crippen molar-refractivity contribution in [2.24, 2.45) is 0 Å². The lowest BCUT2D eigenvalue weighted by Crippen LogP contribution is -2.32. The monoisotopic (exact) mass is 372 g/mol. The first-order valence-corrected chi connectivity index (χ1v) is 7.71. The van der Waals surface area contributed by atoms with E-state index in [-0.39, 0.29) is 11.7 Å². The van der Waals surface area contributed by atoms with Gasteiger partial charge in [0.05, 0.1) is 0 Å². The predicted molar refractivity (Wildman–Crippen MR) is 91.0 cm³/mol. The van der Waals surface area contributed by atoms with E-state index in [0.717, 1.165) is 5.56 Å². The van der Waals surface area contributed by atoms with Gasteiger partial charge in [0.15, 0.2) is 0 Å². The van der Waals surface area contributed by atoms with E-state index >= 15 is 0 Å². The molecule has 25 heavy (non-hydrogen) atoms. The number of amides is 1. The molecule has 0 fully saturated rings. The molecular weight excluding hydrogens is 357 g/mol. The molecule has 0 aliphatic heterocycles. The Morgan fingerprint density at radius 1 is 1.16 bits per heavy atom. The molecule has 0 heterocycles. The number of alkyl halides is 3. The third-order valence-electron chi connectivity index (χ3n) is 3.32. The zero-order valence-electron chi connectivity index (χ0n) is 13.4. The summed E-state index contributed by atoms with van der Waals surface area (Å²) in [5, 5.41) is 6.16. The van der Waals surface area contributed by atoms with Crippen LogP contribution >= 0.6 is 11.6 Å². The van der Waals surface area contributed by atoms with E-state index in [1.54, 1.807) is 25.1 Å². The summed E-state index contributed by atoms with van der Waals surface area (Å²) in [6.45, 7) is 3.47. The predicted octanol–water partition coefficient (Wildman–Crippen LogP) is 4.99. The highest BCUT2D eigenvalue weighted by Crippen LogP contribution is 2.24. The molecule has 2 rings (SSSR count). The summed E-state index contributed by atoms with van der Waals surface area (Å²) in [6, 6.07) is 9.67. The minimum Gasteiger partial charge on any atom is -0.406 e. The number of aryl methyl sites for hydroxylation is 1. The molecular formula is C17H16ClF3N2O2. The molecule has 0 radical (unpaired) electrons. The third kappa shape index (κ3) is 5.86. The average Bonchev–Trinajstić information content (AvgIpc) is 2.51. The van der Waals surface area contributed by atoms with Gasteiger partial charge in [0, 0.05) is 16.4 Å². The van der Waals surface area contributed by atoms with Crippen LogP contribution in [0.4, 0.5) is 24.5 Å². The molecule has 0 bridgehead atoms. The molecule has 0 spiro atoms. The number of hydrogen-bond donors (Lipinski definition) is 2. The van der Waals surface area contributed by atoms with Gasteiger partial charge in [-0.25, -0.2) is 0 Å². The molecule has 134 valence electrons. The molecule has 2 N–H and O–H groups in total. The Labute approximate surface area is 147 Å². The highest BCUT2D eigenvalue weighted by atomic mass is 35.5. The maximum Gasteiger partial charge on any atom is 0.573 e. The number of rotatable bonds is 5. The number of halogens is 4. The number of benzene rings is 2. The highest BCUT2D eigenvalue weighted by Gasteiger charge is 2.31. The first-order valence-electron chi connectivity index (χ1n) is 7.33. The minimum atomic E-state index is -4.74. The van der Waals surface area contributed by atoms with Crippen molar-refractivity contribution in [1.29, 1.82) is 0 Å². The molecule has 0 aliphatic carbocycles. The number of ether oxygens (including phenoxy) is 1. The van der Waals surface area contributed by atoms with E-state index in [2.05, 4.69) is 15.4 Å². The van der Waals surface area contributed by atoms with Crippen LogP contribution in [0.3, 0.4) is 0 Å². The molecule has 8 heteroatoms. The quantitative estimate of drug-likeness (QED) is 0.777. The van der Waals surface area contributed by atoms with Crippen LogP contribution in [0.2, 0.25) is 5.02 Å². The van der Waals surface area contributed by atoms with Gasteiger partial charge in [-0.2, -0.15) is 0 Å². The van der Waals surface area contributed by atoms with Crippen molar-refractivity contribution in [3.8, 4) is 5.75 Å². The number of carbonyl (C=O) groups excluding carboxylic acids is 1. The second kappa shape index (κ2) is 7.65. The van der Waals surface area contributed by atoms with Gasteiger partial charge in [-0.05, 0) is 55.8 Å². The Hall–Kier alpha value is -2.41. The Balaban J connectivity index is 1.97. The minimum absolute atomic E-state index is 0.305. The Kier molecular flexibility index (Phi) is 5.79. The number of carbonyl (C=O) groups is 1. The van der Waals surface area contributed by atoms with Crippen LogP contribution in [0.1, 0.15) is 12.5 Å². The zero-order valence-corrected chi connectivity index (χ0v) is 14.2. The largest absolute Gasteiger partial charge is 0.573 e. The molecule has 2 aromatic carbocycles. The molecule has 0 unspecified atom stereocenters. The van der Waals surface area contributed by atoms with Crippen molar-refractivity contribution in [3.05, 3.63) is 53.1 Å². The summed E-state index contributed by atoms with van der Waals surface area (Å²) >= 11 is 5.91. The first kappa shape index (κ1) is 18.9. The van der Waals surface area contributed by atoms with Gasteiger partial charge < -0.3 is 15.4 Å². The topological polar surface area (TPSA) is 50.4 Å². The number of nitrogens with one attached hydrogen (secondary N) is 2. The Morgan fingerprint density at radius 2 is 1.80 bits per heavy atom. The normalized spacial score (nSPS) is 12.4. The standard InChI is InChI=1S/C17H16ClF3N2O2/c1-10-3-4-12(18)9-15(10)23-16(24)11(2)22-13-5-7-14(8-6-13)25-17(19,20)21/h3-9,11,22H,1-2H3,(H,23,24)/t11-/m1/s1. The summed E-state index contributed by atoms with van der Waals surface area (Å²) < 4.78 is 40.2. The molecule has 4 nitrogen and oxygen atoms in total. The summed E-state index contributed by atoms with van der Waals surface area (Å²) in [7, 11) is 0. The molecule has 0 saturated carbocycles. The molecule has 0 saturated heterocycles. The van der Waals surface area contributed by atoms with E-state index < -0.39 is 12.4 Å². The Morgan fingerprint density at radius 3 is 2.40 bits per heavy atom. The van der Waals surface area contributed by atoms with Crippen molar-refractivity contribution in [1.82, 2.24) is 0 Å². The van der Waals surface area contributed by atoms with Crippen molar-refractivity contribution in [2.75, 3.05) is 10.6 Å². The van der Waals surface area contributed by atoms with E-state index in [0.29, 0.717) is 16.4 Å². The molecule has 0 aromatic heterocycles. The fourth-order valence-electron chi connectivity index (χ4n) is 2.04. The maximum atomic E-state index is 12.2. The van der Waals surface area contributed by atoms with Gasteiger partial charge in [-0.15, -0.1) is 13.2 Å². The van der Waals surface area contributed by atoms with E-state index in [1.807, 2.05) is 6.92 Å². The summed E-state index contributed by atoms with van der Waals surface area (Å²) in [4.78, 5) is 12.2. The zero-order chi connectivity index (χ0) is 18.6. The number of anilines is 2. The third-order valence-corrected chi connectivity index (χ3v) is 3.56. The lowest BCUT2D eigenvalue weighted by atomic mass is 10.2. The van der Waals surface area contributed by atoms with Crippen LogP contribution in [0, 0.1) is 6.92 Å². The molecule has 0 aliphatic rings. The second-order valence-electron chi connectivity index (χ2n) is 5.39. The van der Waals surface area contributed by atoms with Crippen LogP contribution in [-0.2, 0) is 4.79 Å². The van der Waals surface area contributed by atoms with E-state index in [1.165, 1.54) is 24.3 Å². The second-order valence-corrected chi connectivity index (χ2v) is 5.82. The average molecular weight is 373 g/mol. The fourth-order valence-corrected chi connectivity index (χ4v) is 2.21. The summed E-state index contributed by atoms with van der Waals surface area (Å²) in [5.74, 6) is -0.634. The van der Waals surface area contributed by atoms with Gasteiger partial charge in [-0.3, -0.25) is 4.79 Å². The van der Waals surface area contributed by atoms with Crippen LogP contribution in [-0.4, -0.2) is 18.3 Å². The number of hydrogen-bond acceptors (Lipinski definition) is 3. The van der Waals surface area contributed by atoms with Gasteiger partial charge in [0.25, 0.3) is 0 Å². The summed E-state index contributed by atoms with van der Waals surface area (Å²) in [6.07, 6.45) is -4.74. The van der Waals surface area contributed by atoms with Gasteiger partial charge >= 0.3 is 6.36 Å². The molecule has 2 aromatic rings. The van der Waals surface area contributed by atoms with Gasteiger partial charge in [0.2, 0.25) is 5.91 Å². The molecule has 1 atom stereocenters. The highest BCUT2D eigenvalue weighted by molar-refractivity contribution is 6.31. The lowest BCUT2D eigenvalue weighted by molar-refractivity contribution is -0.274. The van der Waals surface area contributed by atoms with E-state index in [4.69, 9.17) is 11.6 Å². The molecule has 1 amide bonds. The summed E-state index contributed by atoms with van der Waals surface area (Å²) in [5.41, 5.74) is 1.94.